The number of hydrogen-bond donors (Lipinski definition) is 1. The number of nitrogens with one attached hydrogen (secondary N) is 1. The lowest BCUT2D eigenvalue weighted by molar-refractivity contribution is -0.122. The van der Waals surface area contributed by atoms with Crippen LogP contribution in [-0.4, -0.2) is 39.4 Å². The van der Waals surface area contributed by atoms with Crippen LogP contribution in [0.25, 0.3) is 0 Å². The maximum absolute atomic E-state index is 12.6. The molecule has 1 unspecified atom stereocenters. The Labute approximate surface area is 173 Å². The molecule has 1 atom stereocenters. The fourth-order valence-electron chi connectivity index (χ4n) is 3.31. The van der Waals surface area contributed by atoms with E-state index >= 15 is 0 Å². The van der Waals surface area contributed by atoms with E-state index in [4.69, 9.17) is 0 Å². The van der Waals surface area contributed by atoms with Crippen molar-refractivity contribution in [2.45, 2.75) is 17.9 Å². The second kappa shape index (κ2) is 8.48. The molecule has 1 fully saturated rings. The quantitative estimate of drug-likeness (QED) is 0.636. The molecule has 1 aliphatic heterocycles. The van der Waals surface area contributed by atoms with Gasteiger partial charge in [-0.1, -0.05) is 30.3 Å². The molecule has 2 amide bonds. The van der Waals surface area contributed by atoms with Gasteiger partial charge in [0.2, 0.25) is 17.8 Å². The number of nitrogens with zero attached hydrogens (tertiary/aromatic N) is 4. The highest BCUT2D eigenvalue weighted by atomic mass is 32.2. The van der Waals surface area contributed by atoms with E-state index in [0.717, 1.165) is 16.1 Å². The Morgan fingerprint density at radius 3 is 2.66 bits per heavy atom. The van der Waals surface area contributed by atoms with Gasteiger partial charge in [0.25, 0.3) is 0 Å². The van der Waals surface area contributed by atoms with Crippen LogP contribution in [0.1, 0.15) is 12.0 Å². The summed E-state index contributed by atoms with van der Waals surface area (Å²) in [6.07, 6.45) is 3.77. The number of amides is 2. The zero-order valence-corrected chi connectivity index (χ0v) is 16.8. The molecule has 3 aromatic rings. The minimum absolute atomic E-state index is 0.0513. The average Bonchev–Trinajstić information content (AvgIpc) is 3.35. The molecule has 148 valence electrons. The highest BCUT2D eigenvalue weighted by Crippen LogP contribution is 2.27. The molecule has 4 rings (SSSR count). The normalized spacial score (nSPS) is 16.2. The standard InChI is InChI=1S/C21H21N5O2S/c1-29-18-9-7-17(8-10-18)26-13-16(11-19(26)27)20(28)23-21-22-14-25(24-21)12-15-5-3-2-4-6-15/h2-10,14,16H,11-13H2,1H3,(H,23,24,28). The fraction of sp³-hybridized carbons (Fsp3) is 0.238. The summed E-state index contributed by atoms with van der Waals surface area (Å²) in [5, 5.41) is 7.04. The third kappa shape index (κ3) is 4.48. The summed E-state index contributed by atoms with van der Waals surface area (Å²) in [7, 11) is 0. The van der Waals surface area contributed by atoms with Gasteiger partial charge in [0.1, 0.15) is 6.33 Å². The zero-order valence-electron chi connectivity index (χ0n) is 16.0. The van der Waals surface area contributed by atoms with E-state index in [1.54, 1.807) is 27.7 Å². The Morgan fingerprint density at radius 2 is 1.93 bits per heavy atom. The first kappa shape index (κ1) is 19.2. The second-order valence-electron chi connectivity index (χ2n) is 6.84. The van der Waals surface area contributed by atoms with Crippen LogP contribution in [0.3, 0.4) is 0 Å². The molecule has 1 aliphatic rings. The lowest BCUT2D eigenvalue weighted by Crippen LogP contribution is -2.28. The summed E-state index contributed by atoms with van der Waals surface area (Å²) < 4.78 is 1.67. The van der Waals surface area contributed by atoms with Crippen LogP contribution in [0.15, 0.2) is 65.8 Å². The molecule has 0 spiro atoms. The maximum Gasteiger partial charge on any atom is 0.248 e. The number of carbonyl (C=O) groups excluding carboxylic acids is 2. The first-order chi connectivity index (χ1) is 14.1. The van der Waals surface area contributed by atoms with Crippen LogP contribution >= 0.6 is 11.8 Å². The van der Waals surface area contributed by atoms with Crippen molar-refractivity contribution in [3.63, 3.8) is 0 Å². The lowest BCUT2D eigenvalue weighted by Gasteiger charge is -2.16. The van der Waals surface area contributed by atoms with E-state index in [2.05, 4.69) is 15.4 Å². The third-order valence-corrected chi connectivity index (χ3v) is 5.58. The van der Waals surface area contributed by atoms with Crippen LogP contribution in [-0.2, 0) is 16.1 Å². The Kier molecular flexibility index (Phi) is 5.62. The molecular formula is C21H21N5O2S. The van der Waals surface area contributed by atoms with E-state index in [1.165, 1.54) is 0 Å². The van der Waals surface area contributed by atoms with Gasteiger partial charge in [-0.15, -0.1) is 16.9 Å². The molecule has 1 N–H and O–H groups in total. The minimum Gasteiger partial charge on any atom is -0.312 e. The number of thioether (sulfide) groups is 1. The Morgan fingerprint density at radius 1 is 1.17 bits per heavy atom. The number of rotatable bonds is 6. The van der Waals surface area contributed by atoms with Crippen LogP contribution < -0.4 is 10.2 Å². The molecule has 1 aromatic heterocycles. The molecule has 1 saturated heterocycles. The van der Waals surface area contributed by atoms with Gasteiger partial charge in [-0.2, -0.15) is 0 Å². The van der Waals surface area contributed by atoms with E-state index in [9.17, 15) is 9.59 Å². The molecule has 29 heavy (non-hydrogen) atoms. The van der Waals surface area contributed by atoms with Gasteiger partial charge < -0.3 is 4.90 Å². The van der Waals surface area contributed by atoms with Crippen LogP contribution in [0.4, 0.5) is 11.6 Å². The van der Waals surface area contributed by atoms with Crippen molar-refractivity contribution in [2.75, 3.05) is 23.0 Å². The van der Waals surface area contributed by atoms with Gasteiger partial charge in [0.15, 0.2) is 0 Å². The highest BCUT2D eigenvalue weighted by molar-refractivity contribution is 7.98. The number of anilines is 2. The highest BCUT2D eigenvalue weighted by Gasteiger charge is 2.35. The topological polar surface area (TPSA) is 80.1 Å². The average molecular weight is 407 g/mol. The monoisotopic (exact) mass is 407 g/mol. The summed E-state index contributed by atoms with van der Waals surface area (Å²) in [6, 6.07) is 17.7. The Bertz CT molecular complexity index is 1000. The Hall–Kier alpha value is -3.13. The molecular weight excluding hydrogens is 386 g/mol. The van der Waals surface area contributed by atoms with Gasteiger partial charge >= 0.3 is 0 Å². The number of hydrogen-bond acceptors (Lipinski definition) is 5. The zero-order chi connectivity index (χ0) is 20.2. The number of aromatic nitrogens is 3. The molecule has 8 heteroatoms. The third-order valence-electron chi connectivity index (χ3n) is 4.84. The number of carbonyl (C=O) groups is 2. The molecule has 2 aromatic carbocycles. The molecule has 0 radical (unpaired) electrons. The number of benzene rings is 2. The first-order valence-electron chi connectivity index (χ1n) is 9.31. The summed E-state index contributed by atoms with van der Waals surface area (Å²) in [4.78, 5) is 32.0. The van der Waals surface area contributed by atoms with Crippen molar-refractivity contribution in [1.29, 1.82) is 0 Å². The van der Waals surface area contributed by atoms with Gasteiger partial charge in [-0.05, 0) is 36.1 Å². The molecule has 0 aliphatic carbocycles. The van der Waals surface area contributed by atoms with Crippen molar-refractivity contribution in [1.82, 2.24) is 14.8 Å². The van der Waals surface area contributed by atoms with Crippen molar-refractivity contribution in [2.24, 2.45) is 5.92 Å². The summed E-state index contributed by atoms with van der Waals surface area (Å²) in [5.74, 6) is -0.464. The predicted octanol–water partition coefficient (Wildman–Crippen LogP) is 3.04. The van der Waals surface area contributed by atoms with Crippen molar-refractivity contribution >= 4 is 35.2 Å². The van der Waals surface area contributed by atoms with E-state index in [1.807, 2.05) is 60.9 Å². The fourth-order valence-corrected chi connectivity index (χ4v) is 3.71. The van der Waals surface area contributed by atoms with Crippen molar-refractivity contribution < 1.29 is 9.59 Å². The van der Waals surface area contributed by atoms with Crippen molar-refractivity contribution in [3.8, 4) is 0 Å². The lowest BCUT2D eigenvalue weighted by atomic mass is 10.1. The van der Waals surface area contributed by atoms with Gasteiger partial charge in [-0.25, -0.2) is 9.67 Å². The molecule has 0 saturated carbocycles. The SMILES string of the molecule is CSc1ccc(N2CC(C(=O)Nc3ncn(Cc4ccccc4)n3)CC2=O)cc1. The van der Waals surface area contributed by atoms with E-state index in [0.29, 0.717) is 13.1 Å². The predicted molar refractivity (Wildman–Crippen MR) is 113 cm³/mol. The van der Waals surface area contributed by atoms with Crippen LogP contribution in [0, 0.1) is 5.92 Å². The van der Waals surface area contributed by atoms with Crippen LogP contribution in [0.2, 0.25) is 0 Å². The second-order valence-corrected chi connectivity index (χ2v) is 7.72. The molecule has 7 nitrogen and oxygen atoms in total. The van der Waals surface area contributed by atoms with Gasteiger partial charge in [0, 0.05) is 23.5 Å². The Balaban J connectivity index is 1.37. The molecule has 0 bridgehead atoms. The summed E-state index contributed by atoms with van der Waals surface area (Å²) in [5.41, 5.74) is 1.91. The van der Waals surface area contributed by atoms with Gasteiger partial charge in [-0.3, -0.25) is 14.9 Å². The first-order valence-corrected chi connectivity index (χ1v) is 10.5. The molecule has 2 heterocycles. The van der Waals surface area contributed by atoms with Gasteiger partial charge in [0.05, 0.1) is 12.5 Å². The summed E-state index contributed by atoms with van der Waals surface area (Å²) in [6.45, 7) is 0.930. The van der Waals surface area contributed by atoms with Crippen molar-refractivity contribution in [3.05, 3.63) is 66.5 Å². The maximum atomic E-state index is 12.6. The van der Waals surface area contributed by atoms with Crippen LogP contribution in [0.5, 0.6) is 0 Å². The smallest absolute Gasteiger partial charge is 0.248 e. The summed E-state index contributed by atoms with van der Waals surface area (Å²) >= 11 is 1.65. The largest absolute Gasteiger partial charge is 0.312 e. The van der Waals surface area contributed by atoms with E-state index < -0.39 is 5.92 Å². The minimum atomic E-state index is -0.427. The van der Waals surface area contributed by atoms with E-state index in [-0.39, 0.29) is 24.2 Å².